The largest absolute Gasteiger partial charge is 0.492 e. The summed E-state index contributed by atoms with van der Waals surface area (Å²) in [5.74, 6) is -2.40. The van der Waals surface area contributed by atoms with Crippen LogP contribution in [0.3, 0.4) is 0 Å². The minimum Gasteiger partial charge on any atom is -0.492 e. The Morgan fingerprint density at radius 2 is 2.12 bits per heavy atom. The van der Waals surface area contributed by atoms with Gasteiger partial charge < -0.3 is 25.2 Å². The highest BCUT2D eigenvalue weighted by molar-refractivity contribution is 5.89. The van der Waals surface area contributed by atoms with Crippen LogP contribution in [0.4, 0.5) is 5.69 Å². The molecule has 1 fully saturated rings. The Hall–Kier alpha value is -2.61. The van der Waals surface area contributed by atoms with Crippen LogP contribution in [0.1, 0.15) is 20.1 Å². The van der Waals surface area contributed by atoms with Crippen molar-refractivity contribution in [3.63, 3.8) is 0 Å². The number of aromatic nitrogens is 1. The van der Waals surface area contributed by atoms with Gasteiger partial charge in [0.25, 0.3) is 0 Å². The zero-order chi connectivity index (χ0) is 22.1. The van der Waals surface area contributed by atoms with E-state index in [4.69, 9.17) is 21.8 Å². The molecule has 2 heterocycles. The molecule has 0 aromatic carbocycles. The van der Waals surface area contributed by atoms with Gasteiger partial charge in [-0.15, -0.1) is 0 Å². The number of rotatable bonds is 5. The van der Waals surface area contributed by atoms with E-state index in [-0.39, 0.29) is 5.75 Å². The third kappa shape index (κ3) is 8.14. The molecule has 1 aromatic heterocycles. The van der Waals surface area contributed by atoms with Gasteiger partial charge in [-0.1, -0.05) is 0 Å². The Balaban J connectivity index is 0.000000447. The number of pyridine rings is 1. The fourth-order valence-electron chi connectivity index (χ4n) is 1.94. The van der Waals surface area contributed by atoms with Crippen LogP contribution in [-0.2, 0) is 9.59 Å². The maximum atomic E-state index is 9.55. The Bertz CT molecular complexity index is 703. The maximum Gasteiger partial charge on any atom is 0.328 e. The molecule has 0 amide bonds. The van der Waals surface area contributed by atoms with E-state index in [0.717, 1.165) is 38.3 Å². The van der Waals surface area contributed by atoms with E-state index in [1.54, 1.807) is 12.3 Å². The summed E-state index contributed by atoms with van der Waals surface area (Å²) in [4.78, 5) is 25.2. The van der Waals surface area contributed by atoms with E-state index >= 15 is 0 Å². The second kappa shape index (κ2) is 11.0. The first kappa shape index (κ1) is 12.8. The monoisotopic (exact) mass is 342 g/mol. The summed E-state index contributed by atoms with van der Waals surface area (Å²) in [5.41, 5.74) is 0.803. The van der Waals surface area contributed by atoms with Crippen molar-refractivity contribution in [3.8, 4) is 5.75 Å². The third-order valence-corrected chi connectivity index (χ3v) is 2.94. The fourth-order valence-corrected chi connectivity index (χ4v) is 1.94. The van der Waals surface area contributed by atoms with Crippen LogP contribution in [0.2, 0.25) is 0 Å². The molecule has 1 saturated heterocycles. The first-order chi connectivity index (χ1) is 13.4. The standard InChI is InChI=1S/C12H19N3O.C4H4O4/c1-2-16-12-8-11(9-14-10-12)15-6-3-4-13-5-7-15;5-3(6)1-2-4(7)8/h8-10,13H,2-7H2,1H3;1-2H,(H,5,6)(H,7,8)/b;2-1+/i1D3,2D2;. The minimum absolute atomic E-state index is 0.117. The molecule has 0 unspecified atom stereocenters. The molecule has 1 aliphatic heterocycles. The van der Waals surface area contributed by atoms with E-state index < -0.39 is 25.3 Å². The summed E-state index contributed by atoms with van der Waals surface area (Å²) >= 11 is 0. The minimum atomic E-state index is -2.85. The van der Waals surface area contributed by atoms with Crippen molar-refractivity contribution >= 4 is 17.6 Å². The molecule has 1 aromatic rings. The number of hydrogen-bond donors (Lipinski definition) is 3. The number of carbonyl (C=O) groups is 2. The van der Waals surface area contributed by atoms with Crippen LogP contribution in [-0.4, -0.2) is 59.9 Å². The molecule has 1 aliphatic rings. The molecule has 2 rings (SSSR count). The Morgan fingerprint density at radius 1 is 1.38 bits per heavy atom. The number of aliphatic carboxylic acids is 2. The molecule has 0 saturated carbocycles. The molecule has 8 nitrogen and oxygen atoms in total. The molecule has 8 heteroatoms. The molecular formula is C16H23N3O5. The van der Waals surface area contributed by atoms with E-state index in [0.29, 0.717) is 12.2 Å². The highest BCUT2D eigenvalue weighted by Gasteiger charge is 2.10. The van der Waals surface area contributed by atoms with Crippen molar-refractivity contribution in [3.05, 3.63) is 30.6 Å². The van der Waals surface area contributed by atoms with Crippen molar-refractivity contribution in [2.45, 2.75) is 13.3 Å². The second-order valence-corrected chi connectivity index (χ2v) is 4.68. The smallest absolute Gasteiger partial charge is 0.328 e. The average molecular weight is 342 g/mol. The predicted molar refractivity (Wildman–Crippen MR) is 89.5 cm³/mol. The van der Waals surface area contributed by atoms with Gasteiger partial charge in [0.1, 0.15) is 5.75 Å². The number of anilines is 1. The summed E-state index contributed by atoms with van der Waals surface area (Å²) in [5, 5.41) is 18.9. The van der Waals surface area contributed by atoms with Crippen LogP contribution < -0.4 is 15.0 Å². The number of carboxylic acids is 2. The Labute approximate surface area is 147 Å². The van der Waals surface area contributed by atoms with Gasteiger partial charge in [0.15, 0.2) is 0 Å². The van der Waals surface area contributed by atoms with Gasteiger partial charge in [-0.05, 0) is 19.8 Å². The summed E-state index contributed by atoms with van der Waals surface area (Å²) in [6.07, 6.45) is 5.11. The summed E-state index contributed by atoms with van der Waals surface area (Å²) in [6.45, 7) is -2.09. The summed E-state index contributed by atoms with van der Waals surface area (Å²) in [6, 6.07) is 1.63. The first-order valence-electron chi connectivity index (χ1n) is 9.66. The third-order valence-electron chi connectivity index (χ3n) is 2.94. The van der Waals surface area contributed by atoms with Crippen molar-refractivity contribution in [2.75, 3.05) is 37.6 Å². The number of hydrogen-bond acceptors (Lipinski definition) is 6. The Kier molecular flexibility index (Phi) is 5.86. The van der Waals surface area contributed by atoms with Gasteiger partial charge in [-0.25, -0.2) is 9.59 Å². The molecule has 24 heavy (non-hydrogen) atoms. The highest BCUT2D eigenvalue weighted by Crippen LogP contribution is 2.19. The zero-order valence-corrected chi connectivity index (χ0v) is 12.9. The quantitative estimate of drug-likeness (QED) is 0.679. The Morgan fingerprint density at radius 3 is 2.79 bits per heavy atom. The lowest BCUT2D eigenvalue weighted by Gasteiger charge is -2.22. The number of nitrogens with zero attached hydrogens (tertiary/aromatic N) is 2. The van der Waals surface area contributed by atoms with E-state index in [1.807, 2.05) is 0 Å². The van der Waals surface area contributed by atoms with Gasteiger partial charge in [0.2, 0.25) is 0 Å². The van der Waals surface area contributed by atoms with Crippen LogP contribution in [0.5, 0.6) is 5.75 Å². The molecule has 0 aliphatic carbocycles. The predicted octanol–water partition coefficient (Wildman–Crippen LogP) is 0.992. The SMILES string of the molecule is O=C(O)/C=C/C(=O)O.[2H]C([2H])([2H])C([2H])([2H])Oc1cncc(N2CCCNCC2)c1. The lowest BCUT2D eigenvalue weighted by Crippen LogP contribution is -2.27. The van der Waals surface area contributed by atoms with Gasteiger partial charge >= 0.3 is 11.9 Å². The number of nitrogens with one attached hydrogen (secondary N) is 1. The van der Waals surface area contributed by atoms with Crippen molar-refractivity contribution in [1.82, 2.24) is 10.3 Å². The second-order valence-electron chi connectivity index (χ2n) is 4.68. The van der Waals surface area contributed by atoms with Gasteiger partial charge in [0.05, 0.1) is 27.4 Å². The fraction of sp³-hybridized carbons (Fsp3) is 0.438. The van der Waals surface area contributed by atoms with E-state index in [1.165, 1.54) is 6.20 Å². The number of ether oxygens (including phenoxy) is 1. The normalized spacial score (nSPS) is 18.7. The maximum absolute atomic E-state index is 9.55. The van der Waals surface area contributed by atoms with E-state index in [2.05, 4.69) is 15.2 Å². The van der Waals surface area contributed by atoms with Crippen LogP contribution in [0.25, 0.3) is 0 Å². The molecule has 0 radical (unpaired) electrons. The molecule has 3 N–H and O–H groups in total. The molecule has 132 valence electrons. The van der Waals surface area contributed by atoms with Crippen molar-refractivity contribution in [2.24, 2.45) is 0 Å². The van der Waals surface area contributed by atoms with Crippen molar-refractivity contribution < 1.29 is 31.4 Å². The van der Waals surface area contributed by atoms with Crippen LogP contribution >= 0.6 is 0 Å². The molecule has 0 bridgehead atoms. The van der Waals surface area contributed by atoms with E-state index in [9.17, 15) is 9.59 Å². The van der Waals surface area contributed by atoms with Gasteiger partial charge in [-0.3, -0.25) is 4.98 Å². The molecule has 0 spiro atoms. The van der Waals surface area contributed by atoms with Crippen LogP contribution in [0.15, 0.2) is 30.6 Å². The molecule has 0 atom stereocenters. The zero-order valence-electron chi connectivity index (χ0n) is 17.9. The van der Waals surface area contributed by atoms with Gasteiger partial charge in [0, 0.05) is 42.0 Å². The highest BCUT2D eigenvalue weighted by atomic mass is 16.5. The van der Waals surface area contributed by atoms with Gasteiger partial charge in [-0.2, -0.15) is 0 Å². The first-order valence-corrected chi connectivity index (χ1v) is 7.16. The van der Waals surface area contributed by atoms with Crippen LogP contribution in [0, 0.1) is 0 Å². The lowest BCUT2D eigenvalue weighted by molar-refractivity contribution is -0.134. The summed E-state index contributed by atoms with van der Waals surface area (Å²) in [7, 11) is 0. The average Bonchev–Trinajstić information content (AvgIpc) is 2.89. The topological polar surface area (TPSA) is 112 Å². The molecular weight excluding hydrogens is 314 g/mol. The number of carboxylic acid groups (broad SMARTS) is 2. The lowest BCUT2D eigenvalue weighted by atomic mass is 10.3. The van der Waals surface area contributed by atoms with Crippen molar-refractivity contribution in [1.29, 1.82) is 0 Å². The summed E-state index contributed by atoms with van der Waals surface area (Å²) < 4.78 is 41.5.